The van der Waals surface area contributed by atoms with Crippen molar-refractivity contribution in [3.05, 3.63) is 64.9 Å². The zero-order chi connectivity index (χ0) is 15.5. The third kappa shape index (κ3) is 3.03. The quantitative estimate of drug-likeness (QED) is 0.773. The molecule has 3 rings (SSSR count). The van der Waals surface area contributed by atoms with E-state index in [9.17, 15) is 4.79 Å². The van der Waals surface area contributed by atoms with Crippen LogP contribution in [-0.4, -0.2) is 31.3 Å². The number of carboxylic acids is 1. The first kappa shape index (κ1) is 14.0. The number of rotatable bonds is 5. The Morgan fingerprint density at radius 3 is 2.68 bits per heavy atom. The maximum atomic E-state index is 10.8. The van der Waals surface area contributed by atoms with E-state index in [0.29, 0.717) is 24.6 Å². The van der Waals surface area contributed by atoms with Crippen LogP contribution in [0.15, 0.2) is 40.8 Å². The van der Waals surface area contributed by atoms with E-state index in [2.05, 4.69) is 15.5 Å². The molecule has 0 spiro atoms. The Bertz CT molecular complexity index is 789. The van der Waals surface area contributed by atoms with Crippen LogP contribution >= 0.6 is 0 Å². The number of tetrazole rings is 1. The van der Waals surface area contributed by atoms with Gasteiger partial charge in [0.2, 0.25) is 5.76 Å². The van der Waals surface area contributed by atoms with Crippen LogP contribution in [0.25, 0.3) is 0 Å². The zero-order valence-corrected chi connectivity index (χ0v) is 11.9. The third-order valence-electron chi connectivity index (χ3n) is 3.27. The van der Waals surface area contributed by atoms with Crippen LogP contribution in [0.3, 0.4) is 0 Å². The van der Waals surface area contributed by atoms with Gasteiger partial charge in [0.1, 0.15) is 12.3 Å². The van der Waals surface area contributed by atoms with Gasteiger partial charge in [-0.25, -0.2) is 9.48 Å². The molecule has 0 unspecified atom stereocenters. The summed E-state index contributed by atoms with van der Waals surface area (Å²) in [6.45, 7) is 2.33. The molecule has 7 heteroatoms. The van der Waals surface area contributed by atoms with Crippen LogP contribution < -0.4 is 0 Å². The van der Waals surface area contributed by atoms with Gasteiger partial charge in [0.15, 0.2) is 5.82 Å². The van der Waals surface area contributed by atoms with Crippen LogP contribution in [-0.2, 0) is 13.0 Å². The summed E-state index contributed by atoms with van der Waals surface area (Å²) in [7, 11) is 0. The van der Waals surface area contributed by atoms with E-state index in [0.717, 1.165) is 5.56 Å². The topological polar surface area (TPSA) is 94.0 Å². The standard InChI is InChI=1S/C15H14N4O3/c1-10-2-4-11(5-3-10)8-14-16-17-18-19(14)9-12-6-7-13(22-12)15(20)21/h2-7H,8-9H2,1H3,(H,20,21). The van der Waals surface area contributed by atoms with Gasteiger partial charge in [-0.15, -0.1) is 5.10 Å². The molecular weight excluding hydrogens is 284 g/mol. The molecule has 2 heterocycles. The number of aryl methyl sites for hydroxylation is 1. The van der Waals surface area contributed by atoms with Crippen molar-refractivity contribution in [2.75, 3.05) is 0 Å². The molecule has 0 aliphatic rings. The second kappa shape index (κ2) is 5.80. The minimum absolute atomic E-state index is 0.0943. The maximum absolute atomic E-state index is 10.8. The summed E-state index contributed by atoms with van der Waals surface area (Å²) in [4.78, 5) is 10.8. The molecule has 0 saturated carbocycles. The van der Waals surface area contributed by atoms with Gasteiger partial charge in [0.05, 0.1) is 0 Å². The van der Waals surface area contributed by atoms with E-state index in [1.165, 1.54) is 11.6 Å². The normalized spacial score (nSPS) is 10.8. The minimum atomic E-state index is -1.09. The Labute approximate surface area is 126 Å². The number of hydrogen-bond donors (Lipinski definition) is 1. The van der Waals surface area contributed by atoms with Crippen LogP contribution in [0.1, 0.15) is 33.3 Å². The van der Waals surface area contributed by atoms with Crippen LogP contribution in [0, 0.1) is 6.92 Å². The van der Waals surface area contributed by atoms with Crippen LogP contribution in [0.5, 0.6) is 0 Å². The van der Waals surface area contributed by atoms with Crippen molar-refractivity contribution in [2.45, 2.75) is 19.9 Å². The van der Waals surface area contributed by atoms with E-state index in [1.807, 2.05) is 31.2 Å². The second-order valence-corrected chi connectivity index (χ2v) is 4.99. The average molecular weight is 298 g/mol. The molecule has 3 aromatic rings. The number of carboxylic acid groups (broad SMARTS) is 1. The first-order chi connectivity index (χ1) is 10.6. The molecule has 7 nitrogen and oxygen atoms in total. The molecule has 112 valence electrons. The number of benzene rings is 1. The molecule has 0 fully saturated rings. The summed E-state index contributed by atoms with van der Waals surface area (Å²) in [5, 5.41) is 20.5. The Hall–Kier alpha value is -2.96. The van der Waals surface area contributed by atoms with Crippen molar-refractivity contribution in [3.8, 4) is 0 Å². The lowest BCUT2D eigenvalue weighted by molar-refractivity contribution is 0.0660. The van der Waals surface area contributed by atoms with Gasteiger partial charge in [-0.2, -0.15) is 0 Å². The van der Waals surface area contributed by atoms with Gasteiger partial charge >= 0.3 is 5.97 Å². The van der Waals surface area contributed by atoms with Crippen LogP contribution in [0.4, 0.5) is 0 Å². The fourth-order valence-corrected chi connectivity index (χ4v) is 2.09. The number of aromatic nitrogens is 4. The minimum Gasteiger partial charge on any atom is -0.475 e. The van der Waals surface area contributed by atoms with Gasteiger partial charge in [-0.05, 0) is 35.0 Å². The zero-order valence-electron chi connectivity index (χ0n) is 11.9. The van der Waals surface area contributed by atoms with Gasteiger partial charge < -0.3 is 9.52 Å². The Morgan fingerprint density at radius 2 is 2.00 bits per heavy atom. The number of aromatic carboxylic acids is 1. The number of nitrogens with zero attached hydrogens (tertiary/aromatic N) is 4. The molecule has 0 radical (unpaired) electrons. The second-order valence-electron chi connectivity index (χ2n) is 4.99. The first-order valence-corrected chi connectivity index (χ1v) is 6.74. The van der Waals surface area contributed by atoms with Gasteiger partial charge in [0.25, 0.3) is 0 Å². The largest absolute Gasteiger partial charge is 0.475 e. The first-order valence-electron chi connectivity index (χ1n) is 6.74. The van der Waals surface area contributed by atoms with E-state index in [4.69, 9.17) is 9.52 Å². The van der Waals surface area contributed by atoms with E-state index in [-0.39, 0.29) is 5.76 Å². The molecule has 1 aromatic carbocycles. The molecule has 0 aliphatic carbocycles. The molecule has 1 N–H and O–H groups in total. The maximum Gasteiger partial charge on any atom is 0.371 e. The Morgan fingerprint density at radius 1 is 1.23 bits per heavy atom. The summed E-state index contributed by atoms with van der Waals surface area (Å²) in [6, 6.07) is 11.2. The summed E-state index contributed by atoms with van der Waals surface area (Å²) in [5.74, 6) is -0.00186. The number of hydrogen-bond acceptors (Lipinski definition) is 5. The summed E-state index contributed by atoms with van der Waals surface area (Å²) in [6.07, 6.45) is 0.597. The lowest BCUT2D eigenvalue weighted by Crippen LogP contribution is -2.07. The number of furan rings is 1. The fourth-order valence-electron chi connectivity index (χ4n) is 2.09. The molecule has 2 aromatic heterocycles. The van der Waals surface area contributed by atoms with Gasteiger partial charge in [-0.1, -0.05) is 29.8 Å². The highest BCUT2D eigenvalue weighted by Gasteiger charge is 2.12. The van der Waals surface area contributed by atoms with E-state index in [1.54, 1.807) is 10.7 Å². The van der Waals surface area contributed by atoms with Crippen LogP contribution in [0.2, 0.25) is 0 Å². The predicted octanol–water partition coefficient (Wildman–Crippen LogP) is 1.91. The van der Waals surface area contributed by atoms with Crippen molar-refractivity contribution in [3.63, 3.8) is 0 Å². The Balaban J connectivity index is 1.76. The summed E-state index contributed by atoms with van der Waals surface area (Å²) >= 11 is 0. The summed E-state index contributed by atoms with van der Waals surface area (Å²) < 4.78 is 6.82. The molecule has 0 amide bonds. The molecule has 22 heavy (non-hydrogen) atoms. The monoisotopic (exact) mass is 298 g/mol. The highest BCUT2D eigenvalue weighted by molar-refractivity contribution is 5.84. The predicted molar refractivity (Wildman–Crippen MR) is 76.6 cm³/mol. The molecular formula is C15H14N4O3. The van der Waals surface area contributed by atoms with Crippen molar-refractivity contribution in [2.24, 2.45) is 0 Å². The van der Waals surface area contributed by atoms with Crippen molar-refractivity contribution in [1.29, 1.82) is 0 Å². The smallest absolute Gasteiger partial charge is 0.371 e. The van der Waals surface area contributed by atoms with E-state index >= 15 is 0 Å². The van der Waals surface area contributed by atoms with Gasteiger partial charge in [-0.3, -0.25) is 0 Å². The Kier molecular flexibility index (Phi) is 3.69. The molecule has 0 atom stereocenters. The van der Waals surface area contributed by atoms with Gasteiger partial charge in [0, 0.05) is 6.42 Å². The highest BCUT2D eigenvalue weighted by Crippen LogP contribution is 2.12. The lowest BCUT2D eigenvalue weighted by Gasteiger charge is -2.03. The molecule has 0 aliphatic heterocycles. The van der Waals surface area contributed by atoms with Crippen molar-refractivity contribution < 1.29 is 14.3 Å². The SMILES string of the molecule is Cc1ccc(Cc2nnnn2Cc2ccc(C(=O)O)o2)cc1. The summed E-state index contributed by atoms with van der Waals surface area (Å²) in [5.41, 5.74) is 2.30. The fraction of sp³-hybridized carbons (Fsp3) is 0.200. The highest BCUT2D eigenvalue weighted by atomic mass is 16.4. The van der Waals surface area contributed by atoms with Crippen molar-refractivity contribution >= 4 is 5.97 Å². The molecule has 0 bridgehead atoms. The average Bonchev–Trinajstić information content (AvgIpc) is 3.12. The van der Waals surface area contributed by atoms with E-state index < -0.39 is 5.97 Å². The lowest BCUT2D eigenvalue weighted by atomic mass is 10.1. The number of carbonyl (C=O) groups is 1. The van der Waals surface area contributed by atoms with Crippen molar-refractivity contribution in [1.82, 2.24) is 20.2 Å². The third-order valence-corrected chi connectivity index (χ3v) is 3.27. The molecule has 0 saturated heterocycles.